The van der Waals surface area contributed by atoms with Crippen LogP contribution in [-0.2, 0) is 13.6 Å². The molecule has 0 saturated carbocycles. The predicted molar refractivity (Wildman–Crippen MR) is 165 cm³/mol. The molecule has 9 nitrogen and oxygen atoms in total. The molecular weight excluding hydrogens is 526 g/mol. The summed E-state index contributed by atoms with van der Waals surface area (Å²) in [6, 6.07) is 17.5. The molecule has 214 valence electrons. The largest absolute Gasteiger partial charge is 0.437 e. The Labute approximate surface area is 245 Å². The summed E-state index contributed by atoms with van der Waals surface area (Å²) < 4.78 is 8.27. The van der Waals surface area contributed by atoms with Gasteiger partial charge in [-0.25, -0.2) is 4.98 Å². The minimum Gasteiger partial charge on any atom is -0.437 e. The van der Waals surface area contributed by atoms with Gasteiger partial charge in [-0.3, -0.25) is 14.7 Å². The van der Waals surface area contributed by atoms with Crippen LogP contribution >= 0.6 is 0 Å². The summed E-state index contributed by atoms with van der Waals surface area (Å²) in [7, 11) is 4.09. The van der Waals surface area contributed by atoms with E-state index in [0.717, 1.165) is 66.1 Å². The number of amides is 1. The van der Waals surface area contributed by atoms with Gasteiger partial charge in [0, 0.05) is 75.2 Å². The van der Waals surface area contributed by atoms with Gasteiger partial charge in [0.2, 0.25) is 5.88 Å². The second kappa shape index (κ2) is 11.7. The quantitative estimate of drug-likeness (QED) is 0.283. The zero-order valence-electron chi connectivity index (χ0n) is 24.5. The molecule has 1 aliphatic rings. The number of ether oxygens (including phenoxy) is 1. The number of aromatic nitrogens is 4. The van der Waals surface area contributed by atoms with E-state index in [1.165, 1.54) is 5.56 Å². The van der Waals surface area contributed by atoms with Gasteiger partial charge < -0.3 is 19.5 Å². The highest BCUT2D eigenvalue weighted by Crippen LogP contribution is 2.31. The lowest BCUT2D eigenvalue weighted by Crippen LogP contribution is -2.43. The summed E-state index contributed by atoms with van der Waals surface area (Å²) in [6.07, 6.45) is 5.36. The standard InChI is InChI=1S/C33H35N7O2/c1-22-16-24(21-40-14-12-38(3)13-15-40)18-26(17-22)35-32(41)28-19-27(8-7-23(28)2)42-33-30-29(9-11-39(30)4)36-31(37-33)25-6-5-10-34-20-25/h5-11,16-20H,12-15,21H2,1-4H3,(H,35,41). The molecule has 1 amide bonds. The first-order valence-corrected chi connectivity index (χ1v) is 14.2. The van der Waals surface area contributed by atoms with E-state index in [0.29, 0.717) is 23.0 Å². The van der Waals surface area contributed by atoms with Crippen molar-refractivity contribution in [3.8, 4) is 23.0 Å². The van der Waals surface area contributed by atoms with Crippen molar-refractivity contribution >= 4 is 22.6 Å². The van der Waals surface area contributed by atoms with Gasteiger partial charge in [0.15, 0.2) is 5.82 Å². The van der Waals surface area contributed by atoms with Crippen molar-refractivity contribution in [1.29, 1.82) is 0 Å². The van der Waals surface area contributed by atoms with E-state index in [-0.39, 0.29) is 5.91 Å². The molecule has 1 fully saturated rings. The highest BCUT2D eigenvalue weighted by atomic mass is 16.5. The average Bonchev–Trinajstić information content (AvgIpc) is 3.36. The first kappa shape index (κ1) is 27.6. The lowest BCUT2D eigenvalue weighted by molar-refractivity contribution is 0.102. The average molecular weight is 562 g/mol. The van der Waals surface area contributed by atoms with Crippen molar-refractivity contribution in [2.45, 2.75) is 20.4 Å². The van der Waals surface area contributed by atoms with E-state index in [1.54, 1.807) is 18.5 Å². The van der Waals surface area contributed by atoms with Crippen LogP contribution in [0.5, 0.6) is 11.6 Å². The summed E-state index contributed by atoms with van der Waals surface area (Å²) in [5, 5.41) is 3.12. The molecule has 1 aliphatic heterocycles. The minimum atomic E-state index is -0.183. The van der Waals surface area contributed by atoms with Gasteiger partial charge in [-0.05, 0) is 80.1 Å². The lowest BCUT2D eigenvalue weighted by Gasteiger charge is -2.32. The molecule has 0 atom stereocenters. The first-order valence-electron chi connectivity index (χ1n) is 14.2. The molecule has 0 aliphatic carbocycles. The second-order valence-electron chi connectivity index (χ2n) is 11.1. The van der Waals surface area contributed by atoms with E-state index in [9.17, 15) is 4.79 Å². The summed E-state index contributed by atoms with van der Waals surface area (Å²) in [5.74, 6) is 1.27. The number of carbonyl (C=O) groups excluding carboxylic acids is 1. The Morgan fingerprint density at radius 3 is 2.60 bits per heavy atom. The Morgan fingerprint density at radius 1 is 0.976 bits per heavy atom. The fourth-order valence-corrected chi connectivity index (χ4v) is 5.36. The third-order valence-electron chi connectivity index (χ3n) is 7.67. The van der Waals surface area contributed by atoms with Gasteiger partial charge in [-0.15, -0.1) is 0 Å². The molecule has 6 rings (SSSR count). The molecule has 0 unspecified atom stereocenters. The molecule has 3 aromatic heterocycles. The van der Waals surface area contributed by atoms with E-state index in [1.807, 2.05) is 61.1 Å². The lowest BCUT2D eigenvalue weighted by atomic mass is 10.1. The predicted octanol–water partition coefficient (Wildman–Crippen LogP) is 5.44. The molecule has 9 heteroatoms. The summed E-state index contributed by atoms with van der Waals surface area (Å²) in [4.78, 5) is 32.0. The number of rotatable bonds is 7. The Morgan fingerprint density at radius 2 is 1.81 bits per heavy atom. The summed E-state index contributed by atoms with van der Waals surface area (Å²) in [6.45, 7) is 9.09. The van der Waals surface area contributed by atoms with E-state index in [2.05, 4.69) is 46.2 Å². The molecule has 0 spiro atoms. The minimum absolute atomic E-state index is 0.183. The van der Waals surface area contributed by atoms with E-state index >= 15 is 0 Å². The Bertz CT molecular complexity index is 1740. The maximum atomic E-state index is 13.5. The van der Waals surface area contributed by atoms with Crippen molar-refractivity contribution < 1.29 is 9.53 Å². The SMILES string of the molecule is Cc1cc(CN2CCN(C)CC2)cc(NC(=O)c2cc(Oc3nc(-c4cccnc4)nc4ccn(C)c34)ccc2C)c1. The number of nitrogens with zero attached hydrogens (tertiary/aromatic N) is 6. The topological polar surface area (TPSA) is 88.4 Å². The summed E-state index contributed by atoms with van der Waals surface area (Å²) >= 11 is 0. The van der Waals surface area contributed by atoms with Crippen LogP contribution in [0, 0.1) is 13.8 Å². The number of hydrogen-bond acceptors (Lipinski definition) is 7. The number of carbonyl (C=O) groups is 1. The van der Waals surface area contributed by atoms with Crippen LogP contribution in [0.1, 0.15) is 27.0 Å². The zero-order chi connectivity index (χ0) is 29.2. The molecule has 2 aromatic carbocycles. The highest BCUT2D eigenvalue weighted by Gasteiger charge is 2.18. The highest BCUT2D eigenvalue weighted by molar-refractivity contribution is 6.05. The number of hydrogen-bond donors (Lipinski definition) is 1. The first-order chi connectivity index (χ1) is 20.3. The number of aryl methyl sites for hydroxylation is 3. The molecule has 0 radical (unpaired) electrons. The van der Waals surface area contributed by atoms with Crippen LogP contribution < -0.4 is 10.1 Å². The fraction of sp³-hybridized carbons (Fsp3) is 0.273. The van der Waals surface area contributed by atoms with Crippen molar-refractivity contribution in [2.75, 3.05) is 38.5 Å². The second-order valence-corrected chi connectivity index (χ2v) is 11.1. The molecule has 42 heavy (non-hydrogen) atoms. The number of anilines is 1. The van der Waals surface area contributed by atoms with Crippen molar-refractivity contribution in [3.05, 3.63) is 95.4 Å². The van der Waals surface area contributed by atoms with Crippen LogP contribution in [0.4, 0.5) is 5.69 Å². The van der Waals surface area contributed by atoms with Crippen molar-refractivity contribution in [2.24, 2.45) is 7.05 Å². The number of benzene rings is 2. The normalized spacial score (nSPS) is 14.3. The van der Waals surface area contributed by atoms with Crippen molar-refractivity contribution in [1.82, 2.24) is 29.3 Å². The Balaban J connectivity index is 1.24. The van der Waals surface area contributed by atoms with Crippen LogP contribution in [0.15, 0.2) is 73.2 Å². The van der Waals surface area contributed by atoms with Crippen LogP contribution in [0.3, 0.4) is 0 Å². The van der Waals surface area contributed by atoms with Crippen LogP contribution in [0.2, 0.25) is 0 Å². The molecule has 5 aromatic rings. The zero-order valence-corrected chi connectivity index (χ0v) is 24.5. The number of fused-ring (bicyclic) bond motifs is 1. The number of nitrogens with one attached hydrogen (secondary N) is 1. The maximum Gasteiger partial charge on any atom is 0.256 e. The molecule has 1 saturated heterocycles. The van der Waals surface area contributed by atoms with Gasteiger partial charge in [0.1, 0.15) is 11.3 Å². The Hall–Kier alpha value is -4.60. The van der Waals surface area contributed by atoms with Crippen LogP contribution in [0.25, 0.3) is 22.4 Å². The maximum absolute atomic E-state index is 13.5. The van der Waals surface area contributed by atoms with E-state index < -0.39 is 0 Å². The molecular formula is C33H35N7O2. The third kappa shape index (κ3) is 6.02. The number of pyridine rings is 1. The van der Waals surface area contributed by atoms with Gasteiger partial charge in [0.25, 0.3) is 5.91 Å². The summed E-state index contributed by atoms with van der Waals surface area (Å²) in [5.41, 5.74) is 6.82. The molecule has 4 heterocycles. The van der Waals surface area contributed by atoms with Gasteiger partial charge >= 0.3 is 0 Å². The van der Waals surface area contributed by atoms with Gasteiger partial charge in [-0.2, -0.15) is 4.98 Å². The third-order valence-corrected chi connectivity index (χ3v) is 7.67. The fourth-order valence-electron chi connectivity index (χ4n) is 5.36. The van der Waals surface area contributed by atoms with E-state index in [4.69, 9.17) is 14.7 Å². The number of piperazine rings is 1. The van der Waals surface area contributed by atoms with Crippen molar-refractivity contribution in [3.63, 3.8) is 0 Å². The smallest absolute Gasteiger partial charge is 0.256 e. The number of likely N-dealkylation sites (N-methyl/N-ethyl adjacent to an activating group) is 1. The monoisotopic (exact) mass is 561 g/mol. The van der Waals surface area contributed by atoms with Gasteiger partial charge in [0.05, 0.1) is 5.52 Å². The molecule has 1 N–H and O–H groups in total. The van der Waals surface area contributed by atoms with Crippen LogP contribution in [-0.4, -0.2) is 68.5 Å². The Kier molecular flexibility index (Phi) is 7.69. The molecule has 0 bridgehead atoms. The van der Waals surface area contributed by atoms with Gasteiger partial charge in [-0.1, -0.05) is 12.1 Å².